The molecule has 4 heteroatoms. The first-order valence-electron chi connectivity index (χ1n) is 7.51. The number of aromatic nitrogens is 1. The van der Waals surface area contributed by atoms with Gasteiger partial charge in [-0.15, -0.1) is 24.0 Å². The molecule has 0 unspecified atom stereocenters. The van der Waals surface area contributed by atoms with Crippen LogP contribution in [0, 0.1) is 0 Å². The van der Waals surface area contributed by atoms with Crippen LogP contribution in [-0.2, 0) is 6.42 Å². The predicted octanol–water partition coefficient (Wildman–Crippen LogP) is 5.66. The summed E-state index contributed by atoms with van der Waals surface area (Å²) in [6, 6.07) is 13.0. The third kappa shape index (κ3) is 3.93. The molecule has 1 aromatic rings. The smallest absolute Gasteiger partial charge is 0.0543 e. The van der Waals surface area contributed by atoms with Gasteiger partial charge in [-0.05, 0) is 64.5 Å². The first-order valence-corrected chi connectivity index (χ1v) is 8.28. The fourth-order valence-corrected chi connectivity index (χ4v) is 3.38. The van der Waals surface area contributed by atoms with E-state index in [0.29, 0.717) is 0 Å². The van der Waals surface area contributed by atoms with E-state index in [9.17, 15) is 0 Å². The second-order valence-corrected chi connectivity index (χ2v) is 6.37. The van der Waals surface area contributed by atoms with E-state index < -0.39 is 0 Å². The molecule has 0 radical (unpaired) electrons. The maximum Gasteiger partial charge on any atom is 0.0543 e. The number of fused-ring (bicyclic) bond motifs is 1. The zero-order chi connectivity index (χ0) is 15.5. The molecule has 1 aliphatic carbocycles. The van der Waals surface area contributed by atoms with Gasteiger partial charge in [-0.2, -0.15) is 0 Å². The fourth-order valence-electron chi connectivity index (χ4n) is 2.67. The number of halogens is 1. The van der Waals surface area contributed by atoms with Crippen molar-refractivity contribution in [1.29, 1.82) is 0 Å². The maximum absolute atomic E-state index is 4.26. The van der Waals surface area contributed by atoms with E-state index in [0.717, 1.165) is 6.42 Å². The van der Waals surface area contributed by atoms with E-state index in [4.69, 9.17) is 0 Å². The summed E-state index contributed by atoms with van der Waals surface area (Å²) >= 11 is 1.56. The van der Waals surface area contributed by atoms with Crippen molar-refractivity contribution in [2.24, 2.45) is 0 Å². The Kier molecular flexibility index (Phi) is 6.18. The number of anilines is 1. The van der Waals surface area contributed by atoms with Crippen LogP contribution in [-0.4, -0.2) is 18.5 Å². The van der Waals surface area contributed by atoms with Crippen LogP contribution in [0.5, 0.6) is 0 Å². The van der Waals surface area contributed by atoms with Gasteiger partial charge in [0, 0.05) is 26.0 Å². The molecule has 1 aliphatic heterocycles. The molecule has 0 saturated carbocycles. The van der Waals surface area contributed by atoms with Crippen molar-refractivity contribution >= 4 is 53.3 Å². The summed E-state index contributed by atoms with van der Waals surface area (Å²) < 4.78 is 4.26. The van der Waals surface area contributed by atoms with Gasteiger partial charge in [0.15, 0.2) is 0 Å². The molecule has 2 nitrogen and oxygen atoms in total. The molecule has 0 amide bonds. The lowest BCUT2D eigenvalue weighted by Crippen LogP contribution is -2.07. The summed E-state index contributed by atoms with van der Waals surface area (Å²) in [5, 5.41) is 0. The molecule has 120 valence electrons. The molecule has 0 spiro atoms. The summed E-state index contributed by atoms with van der Waals surface area (Å²) in [5.74, 6) is 0. The van der Waals surface area contributed by atoms with Crippen LogP contribution >= 0.6 is 35.5 Å². The summed E-state index contributed by atoms with van der Waals surface area (Å²) in [7, 11) is 4.12. The highest BCUT2D eigenvalue weighted by Gasteiger charge is 2.13. The van der Waals surface area contributed by atoms with Gasteiger partial charge in [-0.3, -0.25) is 0 Å². The minimum Gasteiger partial charge on any atom is -0.378 e. The van der Waals surface area contributed by atoms with Crippen molar-refractivity contribution in [3.8, 4) is 10.4 Å². The maximum atomic E-state index is 4.26. The first kappa shape index (κ1) is 17.9. The molecule has 0 fully saturated rings. The molecule has 0 N–H and O–H groups in total. The minimum atomic E-state index is 0. The highest BCUT2D eigenvalue weighted by Crippen LogP contribution is 2.35. The number of rotatable bonds is 4. The Hall–Kier alpha value is -1.40. The summed E-state index contributed by atoms with van der Waals surface area (Å²) in [6.07, 6.45) is 7.33. The van der Waals surface area contributed by atoms with E-state index in [1.807, 2.05) is 6.20 Å². The standard InChI is InChI=1S/C19H20N2S.HI/c1-4-17-15(13-19-18(17)11-12-20-22-19)8-5-14-6-9-16(10-7-14)21(2)3;/h5-13H,4H2,1-3H3;1H. The van der Waals surface area contributed by atoms with E-state index >= 15 is 0 Å². The lowest BCUT2D eigenvalue weighted by molar-refractivity contribution is 1.13. The Bertz CT molecular complexity index is 760. The van der Waals surface area contributed by atoms with Crippen LogP contribution in [0.2, 0.25) is 0 Å². The van der Waals surface area contributed by atoms with E-state index in [2.05, 4.69) is 78.8 Å². The molecule has 23 heavy (non-hydrogen) atoms. The molecule has 1 aromatic carbocycles. The van der Waals surface area contributed by atoms with Gasteiger partial charge in [0.25, 0.3) is 0 Å². The van der Waals surface area contributed by atoms with Crippen molar-refractivity contribution in [3.05, 3.63) is 59.3 Å². The lowest BCUT2D eigenvalue weighted by atomic mass is 10.1. The molecule has 0 saturated heterocycles. The van der Waals surface area contributed by atoms with Gasteiger partial charge >= 0.3 is 0 Å². The SMILES string of the molecule is CCc1c(C=Cc2ccc(N(C)C)cc2)cc2snccc1-2.I. The van der Waals surface area contributed by atoms with Crippen molar-refractivity contribution in [3.63, 3.8) is 0 Å². The minimum absolute atomic E-state index is 0. The van der Waals surface area contributed by atoms with Gasteiger partial charge < -0.3 is 4.90 Å². The highest BCUT2D eigenvalue weighted by atomic mass is 127. The van der Waals surface area contributed by atoms with E-state index in [1.165, 1.54) is 32.8 Å². The Morgan fingerprint density at radius 3 is 2.48 bits per heavy atom. The van der Waals surface area contributed by atoms with Crippen LogP contribution < -0.4 is 4.90 Å². The average molecular weight is 436 g/mol. The molecule has 2 aliphatic rings. The van der Waals surface area contributed by atoms with Crippen molar-refractivity contribution in [2.45, 2.75) is 13.3 Å². The first-order chi connectivity index (χ1) is 10.7. The highest BCUT2D eigenvalue weighted by molar-refractivity contribution is 14.0. The van der Waals surface area contributed by atoms with Crippen molar-refractivity contribution in [1.82, 2.24) is 4.37 Å². The Labute approximate surface area is 159 Å². The van der Waals surface area contributed by atoms with Crippen LogP contribution in [0.3, 0.4) is 0 Å². The van der Waals surface area contributed by atoms with Crippen LogP contribution in [0.15, 0.2) is 42.6 Å². The quantitative estimate of drug-likeness (QED) is 0.491. The molecule has 0 aromatic heterocycles. The van der Waals surface area contributed by atoms with Crippen LogP contribution in [0.1, 0.15) is 23.6 Å². The number of nitrogens with zero attached hydrogens (tertiary/aromatic N) is 2. The normalized spacial score (nSPS) is 10.9. The van der Waals surface area contributed by atoms with E-state index in [1.54, 1.807) is 11.5 Å². The second-order valence-electron chi connectivity index (χ2n) is 5.54. The lowest BCUT2D eigenvalue weighted by Gasteiger charge is -2.11. The second kappa shape index (κ2) is 7.93. The van der Waals surface area contributed by atoms with E-state index in [-0.39, 0.29) is 24.0 Å². The molecule has 0 atom stereocenters. The summed E-state index contributed by atoms with van der Waals surface area (Å²) in [4.78, 5) is 3.38. The Balaban J connectivity index is 0.00000192. The Morgan fingerprint density at radius 2 is 1.83 bits per heavy atom. The molecule has 1 heterocycles. The zero-order valence-electron chi connectivity index (χ0n) is 13.6. The largest absolute Gasteiger partial charge is 0.378 e. The number of benzene rings is 1. The van der Waals surface area contributed by atoms with Gasteiger partial charge in [0.05, 0.1) is 4.88 Å². The third-order valence-electron chi connectivity index (χ3n) is 3.90. The number of hydrogen-bond acceptors (Lipinski definition) is 3. The zero-order valence-corrected chi connectivity index (χ0v) is 16.8. The Morgan fingerprint density at radius 1 is 1.09 bits per heavy atom. The molecular weight excluding hydrogens is 415 g/mol. The summed E-state index contributed by atoms with van der Waals surface area (Å²) in [5.41, 5.74) is 6.50. The molecule has 3 rings (SSSR count). The van der Waals surface area contributed by atoms with Crippen LogP contribution in [0.4, 0.5) is 5.69 Å². The molecule has 0 bridgehead atoms. The van der Waals surface area contributed by atoms with Crippen molar-refractivity contribution in [2.75, 3.05) is 19.0 Å². The van der Waals surface area contributed by atoms with Gasteiger partial charge in [0.1, 0.15) is 0 Å². The summed E-state index contributed by atoms with van der Waals surface area (Å²) in [6.45, 7) is 2.21. The third-order valence-corrected chi connectivity index (χ3v) is 4.66. The molecular formula is C19H21IN2S. The monoisotopic (exact) mass is 436 g/mol. The average Bonchev–Trinajstić information content (AvgIpc) is 2.90. The predicted molar refractivity (Wildman–Crippen MR) is 113 cm³/mol. The van der Waals surface area contributed by atoms with Crippen LogP contribution in [0.25, 0.3) is 22.6 Å². The number of hydrogen-bond donors (Lipinski definition) is 0. The van der Waals surface area contributed by atoms with Gasteiger partial charge in [0.2, 0.25) is 0 Å². The van der Waals surface area contributed by atoms with Crippen molar-refractivity contribution < 1.29 is 0 Å². The van der Waals surface area contributed by atoms with Gasteiger partial charge in [-0.25, -0.2) is 4.37 Å². The van der Waals surface area contributed by atoms with Gasteiger partial charge in [-0.1, -0.05) is 31.2 Å². The topological polar surface area (TPSA) is 16.1 Å². The fraction of sp³-hybridized carbons (Fsp3) is 0.211.